The monoisotopic (exact) mass is 283 g/mol. The van der Waals surface area contributed by atoms with Crippen molar-refractivity contribution < 1.29 is 15.5 Å². The molecular formula is C17H19N2O2+. The molecule has 21 heavy (non-hydrogen) atoms. The molecule has 3 rings (SSSR count). The van der Waals surface area contributed by atoms with Crippen molar-refractivity contribution in [2.24, 2.45) is 0 Å². The average Bonchev–Trinajstić information content (AvgIpc) is 2.53. The molecule has 1 aliphatic rings. The molecule has 2 aromatic carbocycles. The minimum atomic E-state index is 0.0669. The predicted molar refractivity (Wildman–Crippen MR) is 79.4 cm³/mol. The van der Waals surface area contributed by atoms with E-state index in [-0.39, 0.29) is 5.91 Å². The van der Waals surface area contributed by atoms with Gasteiger partial charge >= 0.3 is 0 Å². The molecule has 0 saturated heterocycles. The van der Waals surface area contributed by atoms with E-state index in [0.29, 0.717) is 13.1 Å². The molecule has 4 heteroatoms. The third-order valence-electron chi connectivity index (χ3n) is 3.96. The fourth-order valence-electron chi connectivity index (χ4n) is 2.95. The Morgan fingerprint density at radius 1 is 1.24 bits per heavy atom. The van der Waals surface area contributed by atoms with Crippen molar-refractivity contribution in [2.45, 2.75) is 19.9 Å². The van der Waals surface area contributed by atoms with Crippen LogP contribution < -0.4 is 5.48 Å². The van der Waals surface area contributed by atoms with E-state index >= 15 is 0 Å². The first-order valence-electron chi connectivity index (χ1n) is 7.13. The number of carbonyl (C=O) groups excluding carboxylic acids is 1. The normalized spacial score (nSPS) is 13.9. The Morgan fingerprint density at radius 3 is 2.71 bits per heavy atom. The summed E-state index contributed by atoms with van der Waals surface area (Å²) in [7, 11) is 0. The summed E-state index contributed by atoms with van der Waals surface area (Å²) in [5.74, 6) is 0.0669. The number of carbonyl (C=O) groups is 1. The maximum absolute atomic E-state index is 12.5. The number of quaternary nitrogens is 1. The average molecular weight is 283 g/mol. The van der Waals surface area contributed by atoms with E-state index in [2.05, 4.69) is 6.07 Å². The first kappa shape index (κ1) is 13.8. The van der Waals surface area contributed by atoms with Crippen LogP contribution in [0.1, 0.15) is 27.0 Å². The molecule has 0 bridgehead atoms. The van der Waals surface area contributed by atoms with Crippen LogP contribution in [0.2, 0.25) is 0 Å². The molecule has 1 heterocycles. The summed E-state index contributed by atoms with van der Waals surface area (Å²) >= 11 is 0. The summed E-state index contributed by atoms with van der Waals surface area (Å²) in [6.07, 6.45) is 0.778. The number of fused-ring (bicyclic) bond motifs is 1. The van der Waals surface area contributed by atoms with Gasteiger partial charge < -0.3 is 4.90 Å². The maximum atomic E-state index is 12.5. The van der Waals surface area contributed by atoms with Crippen LogP contribution in [0.4, 0.5) is 5.69 Å². The second-order valence-corrected chi connectivity index (χ2v) is 5.46. The largest absolute Gasteiger partial charge is 0.334 e. The molecule has 108 valence electrons. The maximum Gasteiger partial charge on any atom is 0.254 e. The van der Waals surface area contributed by atoms with Gasteiger partial charge in [0.25, 0.3) is 5.91 Å². The topological polar surface area (TPSA) is 57.2 Å². The second kappa shape index (κ2) is 5.68. The van der Waals surface area contributed by atoms with Crippen molar-refractivity contribution in [3.05, 3.63) is 64.7 Å². The molecule has 0 saturated carbocycles. The van der Waals surface area contributed by atoms with Crippen LogP contribution in [0.3, 0.4) is 0 Å². The Bertz CT molecular complexity index is 668. The molecule has 0 aromatic heterocycles. The van der Waals surface area contributed by atoms with Gasteiger partial charge in [-0.3, -0.25) is 4.79 Å². The van der Waals surface area contributed by atoms with E-state index in [1.807, 2.05) is 48.2 Å². The quantitative estimate of drug-likeness (QED) is 0.652. The standard InChI is InChI=1S/C17H18N2O2/c1-12-9-14-11-19(8-7-15(14)16(10-12)18-21)17(20)13-5-3-2-4-6-13/h2-6,9-10,18,21H,7-8,11H2,1H3/p+1. The molecule has 0 aliphatic carbocycles. The van der Waals surface area contributed by atoms with Gasteiger partial charge in [-0.25, -0.2) is 5.21 Å². The lowest BCUT2D eigenvalue weighted by Crippen LogP contribution is -2.74. The molecule has 1 amide bonds. The number of benzene rings is 2. The van der Waals surface area contributed by atoms with E-state index in [1.165, 1.54) is 5.48 Å². The van der Waals surface area contributed by atoms with Gasteiger partial charge in [-0.15, -0.1) is 0 Å². The molecule has 2 aromatic rings. The second-order valence-electron chi connectivity index (χ2n) is 5.46. The molecule has 1 aliphatic heterocycles. The molecule has 4 nitrogen and oxygen atoms in total. The molecule has 0 unspecified atom stereocenters. The number of amides is 1. The zero-order valence-electron chi connectivity index (χ0n) is 12.0. The minimum absolute atomic E-state index is 0.0669. The lowest BCUT2D eigenvalue weighted by Gasteiger charge is -2.29. The number of nitrogens with zero attached hydrogens (tertiary/aromatic N) is 1. The zero-order chi connectivity index (χ0) is 14.8. The van der Waals surface area contributed by atoms with Crippen LogP contribution in [0, 0.1) is 6.92 Å². The highest BCUT2D eigenvalue weighted by molar-refractivity contribution is 5.94. The molecule has 0 fully saturated rings. The van der Waals surface area contributed by atoms with Gasteiger partial charge in [-0.2, -0.15) is 5.48 Å². The van der Waals surface area contributed by atoms with Gasteiger partial charge in [-0.1, -0.05) is 24.3 Å². The summed E-state index contributed by atoms with van der Waals surface area (Å²) in [6.45, 7) is 3.29. The predicted octanol–water partition coefficient (Wildman–Crippen LogP) is 1.78. The SMILES string of the molecule is Cc1cc2c(c([NH2+]O)c1)CCN(C(=O)c1ccccc1)C2. The fraction of sp³-hybridized carbons (Fsp3) is 0.235. The van der Waals surface area contributed by atoms with Crippen molar-refractivity contribution in [2.75, 3.05) is 6.54 Å². The first-order valence-corrected chi connectivity index (χ1v) is 7.13. The van der Waals surface area contributed by atoms with Crippen molar-refractivity contribution in [3.8, 4) is 0 Å². The van der Waals surface area contributed by atoms with Gasteiger partial charge in [0.15, 0.2) is 5.69 Å². The van der Waals surface area contributed by atoms with Crippen LogP contribution in [-0.2, 0) is 13.0 Å². The van der Waals surface area contributed by atoms with Gasteiger partial charge in [0.05, 0.1) is 0 Å². The number of aryl methyl sites for hydroxylation is 1. The van der Waals surface area contributed by atoms with E-state index in [1.54, 1.807) is 0 Å². The molecule has 0 spiro atoms. The zero-order valence-corrected chi connectivity index (χ0v) is 12.0. The number of hydrogen-bond donors (Lipinski definition) is 2. The number of hydrogen-bond acceptors (Lipinski definition) is 2. The summed E-state index contributed by atoms with van der Waals surface area (Å²) in [5, 5.41) is 9.37. The van der Waals surface area contributed by atoms with Gasteiger partial charge in [-0.05, 0) is 36.6 Å². The highest BCUT2D eigenvalue weighted by atomic mass is 16.5. The third-order valence-corrected chi connectivity index (χ3v) is 3.96. The van der Waals surface area contributed by atoms with Gasteiger partial charge in [0, 0.05) is 30.3 Å². The number of rotatable bonds is 2. The Kier molecular flexibility index (Phi) is 3.73. The minimum Gasteiger partial charge on any atom is -0.334 e. The molecule has 3 N–H and O–H groups in total. The first-order chi connectivity index (χ1) is 10.2. The van der Waals surface area contributed by atoms with Crippen LogP contribution in [0.5, 0.6) is 0 Å². The molecular weight excluding hydrogens is 264 g/mol. The van der Waals surface area contributed by atoms with Crippen LogP contribution in [0.25, 0.3) is 0 Å². The summed E-state index contributed by atoms with van der Waals surface area (Å²) in [6, 6.07) is 13.5. The Morgan fingerprint density at radius 2 is 2.00 bits per heavy atom. The van der Waals surface area contributed by atoms with E-state index in [0.717, 1.165) is 34.4 Å². The third kappa shape index (κ3) is 2.68. The Balaban J connectivity index is 1.88. The molecule has 0 radical (unpaired) electrons. The number of nitrogens with two attached hydrogens (primary N) is 1. The summed E-state index contributed by atoms with van der Waals surface area (Å²) in [4.78, 5) is 14.4. The van der Waals surface area contributed by atoms with Crippen LogP contribution in [-0.4, -0.2) is 22.6 Å². The van der Waals surface area contributed by atoms with E-state index in [4.69, 9.17) is 0 Å². The van der Waals surface area contributed by atoms with Crippen molar-refractivity contribution in [3.63, 3.8) is 0 Å². The van der Waals surface area contributed by atoms with E-state index < -0.39 is 0 Å². The lowest BCUT2D eigenvalue weighted by molar-refractivity contribution is -0.826. The highest BCUT2D eigenvalue weighted by Gasteiger charge is 2.24. The van der Waals surface area contributed by atoms with Crippen LogP contribution >= 0.6 is 0 Å². The molecule has 0 atom stereocenters. The van der Waals surface area contributed by atoms with E-state index in [9.17, 15) is 10.0 Å². The highest BCUT2D eigenvalue weighted by Crippen LogP contribution is 2.26. The van der Waals surface area contributed by atoms with Gasteiger partial charge in [0.1, 0.15) is 0 Å². The smallest absolute Gasteiger partial charge is 0.254 e. The van der Waals surface area contributed by atoms with Crippen molar-refractivity contribution in [1.82, 2.24) is 4.90 Å². The van der Waals surface area contributed by atoms with Crippen molar-refractivity contribution >= 4 is 11.6 Å². The summed E-state index contributed by atoms with van der Waals surface area (Å²) < 4.78 is 0. The van der Waals surface area contributed by atoms with Crippen LogP contribution in [0.15, 0.2) is 42.5 Å². The lowest BCUT2D eigenvalue weighted by atomic mass is 9.95. The van der Waals surface area contributed by atoms with Gasteiger partial charge in [0.2, 0.25) is 0 Å². The Labute approximate surface area is 124 Å². The van der Waals surface area contributed by atoms with Crippen molar-refractivity contribution in [1.29, 1.82) is 0 Å². The Hall–Kier alpha value is -2.17. The summed E-state index contributed by atoms with van der Waals surface area (Å²) in [5.41, 5.74) is 6.15. The fourth-order valence-corrected chi connectivity index (χ4v) is 2.95.